The molecule has 0 spiro atoms. The Morgan fingerprint density at radius 3 is 2.78 bits per heavy atom. The minimum atomic E-state index is -0.228. The van der Waals surface area contributed by atoms with Gasteiger partial charge in [-0.3, -0.25) is 4.79 Å². The van der Waals surface area contributed by atoms with Gasteiger partial charge in [-0.1, -0.05) is 24.3 Å². The van der Waals surface area contributed by atoms with E-state index in [1.807, 2.05) is 32.0 Å². The molecule has 0 saturated heterocycles. The Morgan fingerprint density at radius 1 is 1.19 bits per heavy atom. The predicted molar refractivity (Wildman–Crippen MR) is 107 cm³/mol. The summed E-state index contributed by atoms with van der Waals surface area (Å²) in [6, 6.07) is 10.7. The molecule has 4 aromatic rings. The number of ether oxygens (including phenoxy) is 1. The van der Waals surface area contributed by atoms with Gasteiger partial charge in [0.25, 0.3) is 5.91 Å². The average Bonchev–Trinajstić information content (AvgIpc) is 3.01. The lowest BCUT2D eigenvalue weighted by Crippen LogP contribution is -2.11. The number of fused-ring (bicyclic) bond motifs is 2. The Morgan fingerprint density at radius 2 is 1.96 bits per heavy atom. The maximum atomic E-state index is 13.0. The van der Waals surface area contributed by atoms with Crippen LogP contribution < -0.4 is 10.1 Å². The van der Waals surface area contributed by atoms with E-state index in [0.717, 1.165) is 16.3 Å². The maximum Gasteiger partial charge on any atom is 0.266 e. The van der Waals surface area contributed by atoms with E-state index in [1.54, 1.807) is 18.2 Å². The second-order valence-electron chi connectivity index (χ2n) is 5.98. The Labute approximate surface area is 159 Å². The van der Waals surface area contributed by atoms with Crippen LogP contribution in [0.4, 0.5) is 5.69 Å². The number of thiophene rings is 1. The molecule has 0 aliphatic heterocycles. The number of nitrogens with one attached hydrogen (secondary N) is 1. The van der Waals surface area contributed by atoms with E-state index in [2.05, 4.69) is 15.3 Å². The molecule has 0 radical (unpaired) electrons. The molecule has 7 heteroatoms. The summed E-state index contributed by atoms with van der Waals surface area (Å²) in [5, 5.41) is 15.2. The fourth-order valence-electron chi connectivity index (χ4n) is 3.08. The van der Waals surface area contributed by atoms with Gasteiger partial charge in [0.15, 0.2) is 0 Å². The molecule has 2 aromatic heterocycles. The Balaban J connectivity index is 1.75. The molecule has 2 heterocycles. The average molecular weight is 379 g/mol. The Hall–Kier alpha value is -3.19. The normalized spacial score (nSPS) is 11.0. The van der Waals surface area contributed by atoms with E-state index >= 15 is 0 Å². The van der Waals surface area contributed by atoms with Crippen LogP contribution in [0.3, 0.4) is 0 Å². The standard InChI is InChI=1S/C20H17N3O3S/c1-3-26-19-16-11(2)17(27-20(16)22-10-21-19)18(25)23-14-8-4-7-13-12(14)6-5-9-15(13)24/h4-10,24H,3H2,1-2H3,(H,23,25). The first-order valence-electron chi connectivity index (χ1n) is 8.49. The first kappa shape index (κ1) is 17.2. The summed E-state index contributed by atoms with van der Waals surface area (Å²) in [4.78, 5) is 22.7. The van der Waals surface area contributed by atoms with Crippen molar-refractivity contribution >= 4 is 43.9 Å². The zero-order valence-electron chi connectivity index (χ0n) is 14.8. The van der Waals surface area contributed by atoms with Crippen molar-refractivity contribution in [2.45, 2.75) is 13.8 Å². The number of amides is 1. The predicted octanol–water partition coefficient (Wildman–Crippen LogP) is 4.51. The third-order valence-corrected chi connectivity index (χ3v) is 5.53. The minimum Gasteiger partial charge on any atom is -0.507 e. The third-order valence-electron chi connectivity index (χ3n) is 4.33. The molecular weight excluding hydrogens is 362 g/mol. The number of aryl methyl sites for hydroxylation is 1. The van der Waals surface area contributed by atoms with E-state index in [9.17, 15) is 9.90 Å². The highest BCUT2D eigenvalue weighted by Crippen LogP contribution is 2.35. The molecule has 1 amide bonds. The van der Waals surface area contributed by atoms with Crippen LogP contribution in [0.1, 0.15) is 22.2 Å². The highest BCUT2D eigenvalue weighted by molar-refractivity contribution is 7.20. The molecule has 0 unspecified atom stereocenters. The van der Waals surface area contributed by atoms with Gasteiger partial charge in [-0.2, -0.15) is 0 Å². The summed E-state index contributed by atoms with van der Waals surface area (Å²) in [5.41, 5.74) is 1.43. The van der Waals surface area contributed by atoms with Gasteiger partial charge < -0.3 is 15.2 Å². The molecule has 0 fully saturated rings. The van der Waals surface area contributed by atoms with Crippen molar-refractivity contribution in [1.82, 2.24) is 9.97 Å². The first-order valence-corrected chi connectivity index (χ1v) is 9.30. The Bertz CT molecular complexity index is 1170. The van der Waals surface area contributed by atoms with Gasteiger partial charge in [-0.15, -0.1) is 11.3 Å². The second kappa shape index (κ2) is 6.85. The number of hydrogen-bond acceptors (Lipinski definition) is 6. The number of phenolic OH excluding ortho intramolecular Hbond substituents is 1. The number of rotatable bonds is 4. The third kappa shape index (κ3) is 2.96. The van der Waals surface area contributed by atoms with Crippen LogP contribution in [-0.2, 0) is 0 Å². The number of aromatic hydroxyl groups is 1. The zero-order valence-corrected chi connectivity index (χ0v) is 15.6. The van der Waals surface area contributed by atoms with E-state index in [4.69, 9.17) is 4.74 Å². The summed E-state index contributed by atoms with van der Waals surface area (Å²) in [7, 11) is 0. The number of nitrogens with zero attached hydrogens (tertiary/aromatic N) is 2. The van der Waals surface area contributed by atoms with Crippen LogP contribution in [0.25, 0.3) is 21.0 Å². The molecule has 0 atom stereocenters. The molecule has 27 heavy (non-hydrogen) atoms. The van der Waals surface area contributed by atoms with Gasteiger partial charge in [0.2, 0.25) is 5.88 Å². The summed E-state index contributed by atoms with van der Waals surface area (Å²) in [6.45, 7) is 4.25. The zero-order chi connectivity index (χ0) is 19.0. The van der Waals surface area contributed by atoms with Gasteiger partial charge in [0, 0.05) is 16.5 Å². The molecule has 0 aliphatic carbocycles. The lowest BCUT2D eigenvalue weighted by atomic mass is 10.1. The van der Waals surface area contributed by atoms with Crippen LogP contribution in [0.2, 0.25) is 0 Å². The van der Waals surface area contributed by atoms with E-state index < -0.39 is 0 Å². The van der Waals surface area contributed by atoms with Crippen LogP contribution in [0.15, 0.2) is 42.7 Å². The van der Waals surface area contributed by atoms with Crippen LogP contribution in [-0.4, -0.2) is 27.6 Å². The molecule has 2 aromatic carbocycles. The molecule has 2 N–H and O–H groups in total. The molecule has 0 bridgehead atoms. The quantitative estimate of drug-likeness (QED) is 0.545. The maximum absolute atomic E-state index is 13.0. The van der Waals surface area contributed by atoms with E-state index in [0.29, 0.717) is 33.3 Å². The van der Waals surface area contributed by atoms with Crippen LogP contribution >= 0.6 is 11.3 Å². The molecule has 0 aliphatic rings. The number of carbonyl (C=O) groups is 1. The molecule has 136 valence electrons. The van der Waals surface area contributed by atoms with E-state index in [1.165, 1.54) is 17.7 Å². The van der Waals surface area contributed by atoms with Crippen LogP contribution in [0.5, 0.6) is 11.6 Å². The smallest absolute Gasteiger partial charge is 0.266 e. The van der Waals surface area contributed by atoms with Crippen LogP contribution in [0, 0.1) is 6.92 Å². The lowest BCUT2D eigenvalue weighted by Gasteiger charge is -2.09. The highest BCUT2D eigenvalue weighted by Gasteiger charge is 2.20. The topological polar surface area (TPSA) is 84.3 Å². The molecule has 6 nitrogen and oxygen atoms in total. The molecule has 0 saturated carbocycles. The lowest BCUT2D eigenvalue weighted by molar-refractivity contribution is 0.103. The van der Waals surface area contributed by atoms with E-state index in [-0.39, 0.29) is 11.7 Å². The van der Waals surface area contributed by atoms with Gasteiger partial charge in [-0.05, 0) is 31.5 Å². The number of anilines is 1. The molecule has 4 rings (SSSR count). The number of benzene rings is 2. The van der Waals surface area contributed by atoms with Gasteiger partial charge >= 0.3 is 0 Å². The minimum absolute atomic E-state index is 0.179. The van der Waals surface area contributed by atoms with Gasteiger partial charge in [-0.25, -0.2) is 9.97 Å². The van der Waals surface area contributed by atoms with Crippen molar-refractivity contribution < 1.29 is 14.6 Å². The number of phenols is 1. The van der Waals surface area contributed by atoms with Crippen molar-refractivity contribution in [3.05, 3.63) is 53.2 Å². The van der Waals surface area contributed by atoms with Crippen molar-refractivity contribution in [3.63, 3.8) is 0 Å². The SMILES string of the molecule is CCOc1ncnc2sc(C(=O)Nc3cccc4c(O)cccc34)c(C)c12. The fraction of sp³-hybridized carbons (Fsp3) is 0.150. The van der Waals surface area contributed by atoms with Gasteiger partial charge in [0.05, 0.1) is 16.9 Å². The largest absolute Gasteiger partial charge is 0.507 e. The van der Waals surface area contributed by atoms with Gasteiger partial charge in [0.1, 0.15) is 16.9 Å². The van der Waals surface area contributed by atoms with Crippen molar-refractivity contribution in [2.75, 3.05) is 11.9 Å². The summed E-state index contributed by atoms with van der Waals surface area (Å²) < 4.78 is 5.58. The number of aromatic nitrogens is 2. The summed E-state index contributed by atoms with van der Waals surface area (Å²) >= 11 is 1.31. The molecular formula is C20H17N3O3S. The summed E-state index contributed by atoms with van der Waals surface area (Å²) in [6.07, 6.45) is 1.44. The number of hydrogen-bond donors (Lipinski definition) is 2. The second-order valence-corrected chi connectivity index (χ2v) is 6.98. The monoisotopic (exact) mass is 379 g/mol. The number of carbonyl (C=O) groups excluding carboxylic acids is 1. The fourth-order valence-corrected chi connectivity index (χ4v) is 4.12. The van der Waals surface area contributed by atoms with Crippen molar-refractivity contribution in [1.29, 1.82) is 0 Å². The Kier molecular flexibility index (Phi) is 4.37. The first-order chi connectivity index (χ1) is 13.1. The highest BCUT2D eigenvalue weighted by atomic mass is 32.1. The van der Waals surface area contributed by atoms with Crippen molar-refractivity contribution in [3.8, 4) is 11.6 Å². The summed E-state index contributed by atoms with van der Waals surface area (Å²) in [5.74, 6) is 0.442. The van der Waals surface area contributed by atoms with Crippen molar-refractivity contribution in [2.24, 2.45) is 0 Å².